The summed E-state index contributed by atoms with van der Waals surface area (Å²) in [6.07, 6.45) is 5.53. The summed E-state index contributed by atoms with van der Waals surface area (Å²) in [6, 6.07) is 3.77. The number of ether oxygens (including phenoxy) is 1. The van der Waals surface area contributed by atoms with Gasteiger partial charge in [0.2, 0.25) is 0 Å². The number of nitrogens with zero attached hydrogens (tertiary/aromatic N) is 2. The van der Waals surface area contributed by atoms with Crippen molar-refractivity contribution in [3.05, 3.63) is 24.0 Å². The zero-order valence-corrected chi connectivity index (χ0v) is 11.3. The number of aromatic nitrogens is 1. The van der Waals surface area contributed by atoms with Gasteiger partial charge in [-0.2, -0.15) is 0 Å². The van der Waals surface area contributed by atoms with Gasteiger partial charge in [0.1, 0.15) is 5.69 Å². The molecule has 100 valence electrons. The van der Waals surface area contributed by atoms with Gasteiger partial charge in [0, 0.05) is 32.9 Å². The summed E-state index contributed by atoms with van der Waals surface area (Å²) < 4.78 is 7.58. The second kappa shape index (κ2) is 6.05. The van der Waals surface area contributed by atoms with Crippen LogP contribution in [0.4, 0.5) is 0 Å². The topological polar surface area (TPSA) is 34.5 Å². The predicted octanol–water partition coefficient (Wildman–Crippen LogP) is 2.06. The molecule has 4 nitrogen and oxygen atoms in total. The third kappa shape index (κ3) is 2.93. The molecule has 1 amide bonds. The molecule has 0 aliphatic carbocycles. The second-order valence-corrected chi connectivity index (χ2v) is 4.84. The minimum atomic E-state index is 0.0965. The Morgan fingerprint density at radius 2 is 2.39 bits per heavy atom. The van der Waals surface area contributed by atoms with Crippen molar-refractivity contribution >= 4 is 5.91 Å². The molecule has 1 unspecified atom stereocenters. The van der Waals surface area contributed by atoms with Gasteiger partial charge in [-0.3, -0.25) is 4.79 Å². The third-order valence-corrected chi connectivity index (χ3v) is 3.53. The number of amides is 1. The van der Waals surface area contributed by atoms with Crippen molar-refractivity contribution in [3.63, 3.8) is 0 Å². The lowest BCUT2D eigenvalue weighted by molar-refractivity contribution is -0.00330. The predicted molar refractivity (Wildman–Crippen MR) is 70.6 cm³/mol. The van der Waals surface area contributed by atoms with Crippen LogP contribution in [-0.2, 0) is 11.8 Å². The molecule has 0 N–H and O–H groups in total. The standard InChI is InChI=1S/C14H22N2O2/c1-3-16(11-12-7-4-5-10-18-12)14(17)13-8-6-9-15(13)2/h6,8-9,12H,3-5,7,10-11H2,1-2H3. The molecular formula is C14H22N2O2. The number of hydrogen-bond acceptors (Lipinski definition) is 2. The zero-order chi connectivity index (χ0) is 13.0. The van der Waals surface area contributed by atoms with Crippen molar-refractivity contribution in [1.82, 2.24) is 9.47 Å². The van der Waals surface area contributed by atoms with E-state index >= 15 is 0 Å². The summed E-state index contributed by atoms with van der Waals surface area (Å²) in [6.45, 7) is 4.29. The molecule has 0 bridgehead atoms. The van der Waals surface area contributed by atoms with E-state index in [1.54, 1.807) is 0 Å². The quantitative estimate of drug-likeness (QED) is 0.819. The summed E-state index contributed by atoms with van der Waals surface area (Å²) in [5.41, 5.74) is 0.743. The molecule has 1 saturated heterocycles. The fraction of sp³-hybridized carbons (Fsp3) is 0.643. The van der Waals surface area contributed by atoms with Crippen LogP contribution in [0.3, 0.4) is 0 Å². The lowest BCUT2D eigenvalue weighted by atomic mass is 10.1. The number of carbonyl (C=O) groups excluding carboxylic acids is 1. The molecule has 1 fully saturated rings. The van der Waals surface area contributed by atoms with Gasteiger partial charge in [0.25, 0.3) is 5.91 Å². The Kier molecular flexibility index (Phi) is 4.42. The van der Waals surface area contributed by atoms with Crippen LogP contribution in [0.1, 0.15) is 36.7 Å². The molecule has 0 saturated carbocycles. The fourth-order valence-electron chi connectivity index (χ4n) is 2.40. The van der Waals surface area contributed by atoms with Crippen molar-refractivity contribution < 1.29 is 9.53 Å². The van der Waals surface area contributed by atoms with Crippen LogP contribution in [0.15, 0.2) is 18.3 Å². The number of aryl methyl sites for hydroxylation is 1. The molecule has 1 aliphatic heterocycles. The maximum atomic E-state index is 12.4. The number of likely N-dealkylation sites (N-methyl/N-ethyl adjacent to an activating group) is 1. The SMILES string of the molecule is CCN(CC1CCCCO1)C(=O)c1cccn1C. The van der Waals surface area contributed by atoms with Gasteiger partial charge in [-0.1, -0.05) is 0 Å². The first-order valence-electron chi connectivity index (χ1n) is 6.74. The first kappa shape index (κ1) is 13.1. The highest BCUT2D eigenvalue weighted by Gasteiger charge is 2.22. The van der Waals surface area contributed by atoms with Crippen LogP contribution in [-0.4, -0.2) is 41.2 Å². The molecule has 0 spiro atoms. The lowest BCUT2D eigenvalue weighted by Crippen LogP contribution is -2.40. The second-order valence-electron chi connectivity index (χ2n) is 4.84. The van der Waals surface area contributed by atoms with Crippen molar-refractivity contribution in [3.8, 4) is 0 Å². The Balaban J connectivity index is 1.99. The molecule has 1 aromatic heterocycles. The molecular weight excluding hydrogens is 228 g/mol. The molecule has 1 atom stereocenters. The average molecular weight is 250 g/mol. The lowest BCUT2D eigenvalue weighted by Gasteiger charge is -2.29. The van der Waals surface area contributed by atoms with Crippen molar-refractivity contribution in [2.75, 3.05) is 19.7 Å². The van der Waals surface area contributed by atoms with Gasteiger partial charge in [-0.15, -0.1) is 0 Å². The summed E-state index contributed by atoms with van der Waals surface area (Å²) in [7, 11) is 1.90. The van der Waals surface area contributed by atoms with Crippen LogP contribution >= 0.6 is 0 Å². The molecule has 1 aromatic rings. The Morgan fingerprint density at radius 1 is 1.56 bits per heavy atom. The van der Waals surface area contributed by atoms with Gasteiger partial charge in [-0.25, -0.2) is 0 Å². The van der Waals surface area contributed by atoms with Crippen LogP contribution in [0.2, 0.25) is 0 Å². The van der Waals surface area contributed by atoms with Gasteiger partial charge < -0.3 is 14.2 Å². The minimum absolute atomic E-state index is 0.0965. The Hall–Kier alpha value is -1.29. The van der Waals surface area contributed by atoms with E-state index in [9.17, 15) is 4.79 Å². The van der Waals surface area contributed by atoms with Crippen LogP contribution < -0.4 is 0 Å². The van der Waals surface area contributed by atoms with E-state index in [-0.39, 0.29) is 12.0 Å². The third-order valence-electron chi connectivity index (χ3n) is 3.53. The first-order chi connectivity index (χ1) is 8.72. The molecule has 0 aromatic carbocycles. The monoisotopic (exact) mass is 250 g/mol. The van der Waals surface area contributed by atoms with Crippen molar-refractivity contribution in [1.29, 1.82) is 0 Å². The summed E-state index contributed by atoms with van der Waals surface area (Å²) in [5.74, 6) is 0.0965. The van der Waals surface area contributed by atoms with E-state index in [0.717, 1.165) is 31.7 Å². The van der Waals surface area contributed by atoms with Gasteiger partial charge >= 0.3 is 0 Å². The highest BCUT2D eigenvalue weighted by molar-refractivity contribution is 5.92. The summed E-state index contributed by atoms with van der Waals surface area (Å²) in [5, 5.41) is 0. The van der Waals surface area contributed by atoms with Crippen molar-refractivity contribution in [2.24, 2.45) is 7.05 Å². The maximum Gasteiger partial charge on any atom is 0.270 e. The number of rotatable bonds is 4. The Bertz CT molecular complexity index is 394. The van der Waals surface area contributed by atoms with Crippen molar-refractivity contribution in [2.45, 2.75) is 32.3 Å². The Morgan fingerprint density at radius 3 is 2.94 bits per heavy atom. The average Bonchev–Trinajstić information content (AvgIpc) is 2.82. The first-order valence-corrected chi connectivity index (χ1v) is 6.74. The van der Waals surface area contributed by atoms with Gasteiger partial charge in [-0.05, 0) is 38.3 Å². The Labute approximate surface area is 109 Å². The molecule has 0 radical (unpaired) electrons. The van der Waals surface area contributed by atoms with E-state index in [1.807, 2.05) is 41.8 Å². The smallest absolute Gasteiger partial charge is 0.270 e. The van der Waals surface area contributed by atoms with E-state index in [0.29, 0.717) is 6.54 Å². The fourth-order valence-corrected chi connectivity index (χ4v) is 2.40. The highest BCUT2D eigenvalue weighted by Crippen LogP contribution is 2.15. The van der Waals surface area contributed by atoms with Crippen LogP contribution in [0, 0.1) is 0 Å². The van der Waals surface area contributed by atoms with E-state index < -0.39 is 0 Å². The van der Waals surface area contributed by atoms with Gasteiger partial charge in [0.15, 0.2) is 0 Å². The molecule has 1 aliphatic rings. The normalized spacial score (nSPS) is 19.8. The maximum absolute atomic E-state index is 12.4. The largest absolute Gasteiger partial charge is 0.376 e. The number of carbonyl (C=O) groups is 1. The van der Waals surface area contributed by atoms with E-state index in [4.69, 9.17) is 4.74 Å². The van der Waals surface area contributed by atoms with Gasteiger partial charge in [0.05, 0.1) is 6.10 Å². The molecule has 4 heteroatoms. The molecule has 2 heterocycles. The highest BCUT2D eigenvalue weighted by atomic mass is 16.5. The summed E-state index contributed by atoms with van der Waals surface area (Å²) >= 11 is 0. The number of hydrogen-bond donors (Lipinski definition) is 0. The van der Waals surface area contributed by atoms with Crippen LogP contribution in [0.5, 0.6) is 0 Å². The van der Waals surface area contributed by atoms with Crippen LogP contribution in [0.25, 0.3) is 0 Å². The summed E-state index contributed by atoms with van der Waals surface area (Å²) in [4.78, 5) is 14.3. The van der Waals surface area contributed by atoms with E-state index in [2.05, 4.69) is 0 Å². The molecule has 18 heavy (non-hydrogen) atoms. The van der Waals surface area contributed by atoms with E-state index in [1.165, 1.54) is 6.42 Å². The zero-order valence-electron chi connectivity index (χ0n) is 11.3. The minimum Gasteiger partial charge on any atom is -0.376 e. The molecule has 2 rings (SSSR count).